The molecule has 5 rings (SSSR count). The Hall–Kier alpha value is -3.52. The molecule has 2 nitrogen and oxygen atoms in total. The highest BCUT2D eigenvalue weighted by Gasteiger charge is 2.20. The third-order valence-corrected chi connectivity index (χ3v) is 5.11. The molecule has 130 valence electrons. The highest BCUT2D eigenvalue weighted by atomic mass is 16.5. The summed E-state index contributed by atoms with van der Waals surface area (Å²) in [6.07, 6.45) is 0. The number of fused-ring (bicyclic) bond motifs is 3. The van der Waals surface area contributed by atoms with Gasteiger partial charge in [-0.3, -0.25) is 0 Å². The summed E-state index contributed by atoms with van der Waals surface area (Å²) in [5, 5.41) is 2.39. The van der Waals surface area contributed by atoms with Crippen LogP contribution in [0.4, 0.5) is 0 Å². The zero-order chi connectivity index (χ0) is 18.2. The molecule has 2 heteroatoms. The number of aromatic nitrogens is 1. The molecule has 0 aliphatic carbocycles. The second-order valence-corrected chi connectivity index (χ2v) is 6.65. The van der Waals surface area contributed by atoms with Crippen LogP contribution in [-0.4, -0.2) is 12.1 Å². The lowest BCUT2D eigenvalue weighted by Crippen LogP contribution is -1.93. The Kier molecular flexibility index (Phi) is 3.68. The van der Waals surface area contributed by atoms with Crippen molar-refractivity contribution < 1.29 is 4.74 Å². The van der Waals surface area contributed by atoms with Gasteiger partial charge in [-0.15, -0.1) is 0 Å². The predicted molar refractivity (Wildman–Crippen MR) is 113 cm³/mol. The molecule has 27 heavy (non-hydrogen) atoms. The molecule has 0 unspecified atom stereocenters. The number of H-pyrrole nitrogens is 1. The normalized spacial score (nSPS) is 11.1. The standard InChI is InChI=1S/C25H19NO/c1-27-22-16-20-19-14-8-9-15-21(19)26-25(20)24(18-12-6-3-7-13-18)23(22)17-10-4-2-5-11-17/h2-16,26H,1H3. The summed E-state index contributed by atoms with van der Waals surface area (Å²) in [5.41, 5.74) is 6.88. The molecule has 0 saturated carbocycles. The van der Waals surface area contributed by atoms with Gasteiger partial charge in [0.15, 0.2) is 0 Å². The number of hydrogen-bond acceptors (Lipinski definition) is 1. The van der Waals surface area contributed by atoms with Crippen LogP contribution in [0.1, 0.15) is 0 Å². The highest BCUT2D eigenvalue weighted by molar-refractivity contribution is 6.16. The van der Waals surface area contributed by atoms with E-state index in [0.29, 0.717) is 0 Å². The molecule has 0 aliphatic heterocycles. The third-order valence-electron chi connectivity index (χ3n) is 5.11. The van der Waals surface area contributed by atoms with Gasteiger partial charge in [0.2, 0.25) is 0 Å². The summed E-state index contributed by atoms with van der Waals surface area (Å²) < 4.78 is 5.87. The van der Waals surface area contributed by atoms with Crippen molar-refractivity contribution in [3.05, 3.63) is 91.0 Å². The van der Waals surface area contributed by atoms with E-state index in [0.717, 1.165) is 27.9 Å². The van der Waals surface area contributed by atoms with E-state index >= 15 is 0 Å². The molecular formula is C25H19NO. The number of aromatic amines is 1. The Morgan fingerprint density at radius 2 is 1.22 bits per heavy atom. The topological polar surface area (TPSA) is 25.0 Å². The van der Waals surface area contributed by atoms with Gasteiger partial charge < -0.3 is 9.72 Å². The quantitative estimate of drug-likeness (QED) is 0.387. The van der Waals surface area contributed by atoms with E-state index in [1.165, 1.54) is 21.9 Å². The molecule has 4 aromatic carbocycles. The first-order valence-electron chi connectivity index (χ1n) is 9.09. The van der Waals surface area contributed by atoms with Gasteiger partial charge in [-0.05, 0) is 23.3 Å². The maximum absolute atomic E-state index is 5.87. The Morgan fingerprint density at radius 3 is 1.89 bits per heavy atom. The van der Waals surface area contributed by atoms with Gasteiger partial charge in [-0.2, -0.15) is 0 Å². The van der Waals surface area contributed by atoms with Gasteiger partial charge in [0.1, 0.15) is 5.75 Å². The van der Waals surface area contributed by atoms with Crippen molar-refractivity contribution in [3.63, 3.8) is 0 Å². The van der Waals surface area contributed by atoms with Crippen LogP contribution in [0.5, 0.6) is 5.75 Å². The van der Waals surface area contributed by atoms with E-state index in [1.807, 2.05) is 12.1 Å². The van der Waals surface area contributed by atoms with Crippen LogP contribution >= 0.6 is 0 Å². The fourth-order valence-corrected chi connectivity index (χ4v) is 3.91. The van der Waals surface area contributed by atoms with Gasteiger partial charge in [0.25, 0.3) is 0 Å². The van der Waals surface area contributed by atoms with E-state index in [2.05, 4.69) is 83.8 Å². The first-order chi connectivity index (χ1) is 13.4. The number of methoxy groups -OCH3 is 1. The van der Waals surface area contributed by atoms with Crippen LogP contribution in [-0.2, 0) is 0 Å². The Labute approximate surface area is 158 Å². The van der Waals surface area contributed by atoms with Gasteiger partial charge >= 0.3 is 0 Å². The molecule has 5 aromatic rings. The fourth-order valence-electron chi connectivity index (χ4n) is 3.91. The minimum absolute atomic E-state index is 0.886. The van der Waals surface area contributed by atoms with Gasteiger partial charge in [-0.1, -0.05) is 78.9 Å². The number of para-hydroxylation sites is 1. The molecule has 0 spiro atoms. The predicted octanol–water partition coefficient (Wildman–Crippen LogP) is 6.66. The van der Waals surface area contributed by atoms with Crippen LogP contribution in [0.3, 0.4) is 0 Å². The van der Waals surface area contributed by atoms with Crippen LogP contribution in [0.2, 0.25) is 0 Å². The van der Waals surface area contributed by atoms with Crippen LogP contribution in [0.15, 0.2) is 91.0 Å². The summed E-state index contributed by atoms with van der Waals surface area (Å²) in [4.78, 5) is 3.65. The zero-order valence-electron chi connectivity index (χ0n) is 15.1. The smallest absolute Gasteiger partial charge is 0.128 e. The lowest BCUT2D eigenvalue weighted by Gasteiger charge is -2.16. The maximum atomic E-state index is 5.87. The van der Waals surface area contributed by atoms with E-state index in [4.69, 9.17) is 4.74 Å². The average Bonchev–Trinajstić information content (AvgIpc) is 3.12. The molecule has 0 fully saturated rings. The van der Waals surface area contributed by atoms with Crippen LogP contribution in [0.25, 0.3) is 44.1 Å². The van der Waals surface area contributed by atoms with Crippen LogP contribution < -0.4 is 4.74 Å². The summed E-state index contributed by atoms with van der Waals surface area (Å²) in [7, 11) is 1.75. The molecule has 0 saturated heterocycles. The lowest BCUT2D eigenvalue weighted by molar-refractivity contribution is 0.417. The van der Waals surface area contributed by atoms with Crippen molar-refractivity contribution in [1.82, 2.24) is 4.98 Å². The number of rotatable bonds is 3. The van der Waals surface area contributed by atoms with Crippen molar-refractivity contribution >= 4 is 21.8 Å². The molecule has 0 atom stereocenters. The zero-order valence-corrected chi connectivity index (χ0v) is 15.1. The largest absolute Gasteiger partial charge is 0.496 e. The molecule has 1 aromatic heterocycles. The Balaban J connectivity index is 1.99. The number of nitrogens with one attached hydrogen (secondary N) is 1. The maximum Gasteiger partial charge on any atom is 0.128 e. The van der Waals surface area contributed by atoms with E-state index in [9.17, 15) is 0 Å². The van der Waals surface area contributed by atoms with Crippen molar-refractivity contribution in [3.8, 4) is 28.0 Å². The molecule has 0 aliphatic rings. The molecule has 1 N–H and O–H groups in total. The van der Waals surface area contributed by atoms with Gasteiger partial charge in [0.05, 0.1) is 12.6 Å². The summed E-state index contributed by atoms with van der Waals surface area (Å²) in [6.45, 7) is 0. The lowest BCUT2D eigenvalue weighted by atomic mass is 9.91. The number of hydrogen-bond donors (Lipinski definition) is 1. The second kappa shape index (κ2) is 6.33. The molecule has 0 radical (unpaired) electrons. The summed E-state index contributed by atoms with van der Waals surface area (Å²) >= 11 is 0. The molecular weight excluding hydrogens is 330 g/mol. The monoisotopic (exact) mass is 349 g/mol. The van der Waals surface area contributed by atoms with E-state index in [1.54, 1.807) is 7.11 Å². The number of ether oxygens (including phenoxy) is 1. The van der Waals surface area contributed by atoms with Crippen molar-refractivity contribution in [2.75, 3.05) is 7.11 Å². The number of benzene rings is 4. The van der Waals surface area contributed by atoms with Crippen LogP contribution in [0, 0.1) is 0 Å². The highest BCUT2D eigenvalue weighted by Crippen LogP contribution is 2.45. The fraction of sp³-hybridized carbons (Fsp3) is 0.0400. The van der Waals surface area contributed by atoms with Gasteiger partial charge in [-0.25, -0.2) is 0 Å². The summed E-state index contributed by atoms with van der Waals surface area (Å²) in [6, 6.07) is 31.6. The summed E-state index contributed by atoms with van der Waals surface area (Å²) in [5.74, 6) is 0.886. The second-order valence-electron chi connectivity index (χ2n) is 6.65. The minimum atomic E-state index is 0.886. The SMILES string of the molecule is COc1cc2c([nH]c3ccccc32)c(-c2ccccc2)c1-c1ccccc1. The van der Waals surface area contributed by atoms with Gasteiger partial charge in [0, 0.05) is 27.4 Å². The molecule has 1 heterocycles. The first-order valence-corrected chi connectivity index (χ1v) is 9.09. The Morgan fingerprint density at radius 1 is 0.630 bits per heavy atom. The molecule has 0 amide bonds. The average molecular weight is 349 g/mol. The van der Waals surface area contributed by atoms with Crippen molar-refractivity contribution in [1.29, 1.82) is 0 Å². The van der Waals surface area contributed by atoms with E-state index in [-0.39, 0.29) is 0 Å². The molecule has 0 bridgehead atoms. The third kappa shape index (κ3) is 2.49. The first kappa shape index (κ1) is 15.7. The van der Waals surface area contributed by atoms with E-state index < -0.39 is 0 Å². The Bertz CT molecular complexity index is 1240. The van der Waals surface area contributed by atoms with Crippen molar-refractivity contribution in [2.45, 2.75) is 0 Å². The van der Waals surface area contributed by atoms with Crippen molar-refractivity contribution in [2.24, 2.45) is 0 Å². The minimum Gasteiger partial charge on any atom is -0.496 e.